The van der Waals surface area contributed by atoms with Crippen LogP contribution >= 0.6 is 12.2 Å². The van der Waals surface area contributed by atoms with Crippen LogP contribution < -0.4 is 15.0 Å². The number of nitrogens with zero attached hydrogens (tertiary/aromatic N) is 1. The first-order valence-corrected chi connectivity index (χ1v) is 10.7. The number of para-hydroxylation sites is 1. The Balaban J connectivity index is 1.60. The van der Waals surface area contributed by atoms with Gasteiger partial charge in [0.05, 0.1) is 19.2 Å². The molecular weight excluding hydrogens is 411 g/mol. The number of rotatable bonds is 7. The Morgan fingerprint density at radius 2 is 1.81 bits per heavy atom. The van der Waals surface area contributed by atoms with Crippen LogP contribution in [0, 0.1) is 5.82 Å². The monoisotopic (exact) mass is 436 g/mol. The van der Waals surface area contributed by atoms with E-state index in [4.69, 9.17) is 17.0 Å². The molecule has 3 aromatic carbocycles. The van der Waals surface area contributed by atoms with Crippen LogP contribution in [0.15, 0.2) is 72.8 Å². The highest BCUT2D eigenvalue weighted by Crippen LogP contribution is 2.40. The van der Waals surface area contributed by atoms with Gasteiger partial charge in [0.1, 0.15) is 17.3 Å². The van der Waals surface area contributed by atoms with Gasteiger partial charge >= 0.3 is 0 Å². The number of nitrogens with one attached hydrogen (secondary N) is 1. The number of halogens is 1. The lowest BCUT2D eigenvalue weighted by Gasteiger charge is -2.29. The lowest BCUT2D eigenvalue weighted by atomic mass is 9.93. The maximum atomic E-state index is 13.2. The van der Waals surface area contributed by atoms with Gasteiger partial charge in [0.15, 0.2) is 5.11 Å². The molecule has 0 bridgehead atoms. The lowest BCUT2D eigenvalue weighted by Crippen LogP contribution is -2.29. The van der Waals surface area contributed by atoms with E-state index in [0.29, 0.717) is 10.9 Å². The number of methoxy groups -OCH3 is 1. The van der Waals surface area contributed by atoms with Crippen molar-refractivity contribution in [2.24, 2.45) is 0 Å². The number of anilines is 1. The van der Waals surface area contributed by atoms with Crippen molar-refractivity contribution in [1.82, 2.24) is 5.32 Å². The van der Waals surface area contributed by atoms with Gasteiger partial charge in [0.25, 0.3) is 0 Å². The molecule has 4 rings (SSSR count). The third-order valence-electron chi connectivity index (χ3n) is 5.67. The smallest absolute Gasteiger partial charge is 0.174 e. The molecule has 3 aromatic rings. The van der Waals surface area contributed by atoms with Crippen LogP contribution in [0.1, 0.15) is 30.0 Å². The van der Waals surface area contributed by atoms with Crippen molar-refractivity contribution in [3.05, 3.63) is 89.7 Å². The first kappa shape index (κ1) is 21.1. The van der Waals surface area contributed by atoms with Gasteiger partial charge in [0.2, 0.25) is 0 Å². The second kappa shape index (κ2) is 9.35. The quantitative estimate of drug-likeness (QED) is 0.488. The van der Waals surface area contributed by atoms with Crippen LogP contribution in [0.25, 0.3) is 0 Å². The SMILES string of the molecule is COc1ccc([C@@H]2[C@H](CCCc3ccc(F)cc3)NC(=S)N2c2ccccc2)c(O)c1. The van der Waals surface area contributed by atoms with Gasteiger partial charge in [-0.2, -0.15) is 0 Å². The van der Waals surface area contributed by atoms with Crippen LogP contribution in [0.5, 0.6) is 11.5 Å². The molecule has 0 aliphatic carbocycles. The van der Waals surface area contributed by atoms with E-state index in [9.17, 15) is 9.50 Å². The summed E-state index contributed by atoms with van der Waals surface area (Å²) in [4.78, 5) is 2.07. The van der Waals surface area contributed by atoms with Crippen LogP contribution in [-0.2, 0) is 6.42 Å². The molecule has 1 aliphatic rings. The molecule has 0 spiro atoms. The minimum atomic E-state index is -0.222. The summed E-state index contributed by atoms with van der Waals surface area (Å²) in [5.74, 6) is 0.564. The average molecular weight is 437 g/mol. The standard InChI is InChI=1S/C25H25FN2O2S/c1-30-20-14-15-21(23(29)16-20)24-22(9-5-6-17-10-12-18(26)13-11-17)27-25(31)28(24)19-7-3-2-4-8-19/h2-4,7-8,10-16,22,24,29H,5-6,9H2,1H3,(H,27,31)/t22-,24+/m0/s1. The molecule has 0 amide bonds. The van der Waals surface area contributed by atoms with Gasteiger partial charge in [-0.3, -0.25) is 0 Å². The zero-order valence-corrected chi connectivity index (χ0v) is 18.1. The second-order valence-corrected chi connectivity index (χ2v) is 8.04. The highest BCUT2D eigenvalue weighted by molar-refractivity contribution is 7.80. The molecule has 0 aromatic heterocycles. The van der Waals surface area contributed by atoms with Crippen molar-refractivity contribution in [3.63, 3.8) is 0 Å². The number of ether oxygens (including phenoxy) is 1. The van der Waals surface area contributed by atoms with E-state index >= 15 is 0 Å². The number of hydrogen-bond donors (Lipinski definition) is 2. The number of phenols is 1. The van der Waals surface area contributed by atoms with Crippen molar-refractivity contribution in [1.29, 1.82) is 0 Å². The Hall–Kier alpha value is -3.12. The highest BCUT2D eigenvalue weighted by atomic mass is 32.1. The summed E-state index contributed by atoms with van der Waals surface area (Å²) < 4.78 is 18.4. The predicted octanol–water partition coefficient (Wildman–Crippen LogP) is 5.37. The van der Waals surface area contributed by atoms with E-state index < -0.39 is 0 Å². The number of thiocarbonyl (C=S) groups is 1. The molecule has 160 valence electrons. The van der Waals surface area contributed by atoms with E-state index in [1.165, 1.54) is 12.1 Å². The minimum absolute atomic E-state index is 0.0208. The van der Waals surface area contributed by atoms with E-state index in [-0.39, 0.29) is 23.7 Å². The summed E-state index contributed by atoms with van der Waals surface area (Å²) >= 11 is 5.69. The third kappa shape index (κ3) is 4.64. The highest BCUT2D eigenvalue weighted by Gasteiger charge is 2.39. The van der Waals surface area contributed by atoms with E-state index in [1.54, 1.807) is 13.2 Å². The average Bonchev–Trinajstić information content (AvgIpc) is 3.11. The second-order valence-electron chi connectivity index (χ2n) is 7.65. The molecule has 0 saturated carbocycles. The third-order valence-corrected chi connectivity index (χ3v) is 5.99. The van der Waals surface area contributed by atoms with Gasteiger partial charge in [-0.15, -0.1) is 0 Å². The van der Waals surface area contributed by atoms with Crippen LogP contribution in [0.4, 0.5) is 10.1 Å². The van der Waals surface area contributed by atoms with Gasteiger partial charge in [0, 0.05) is 17.3 Å². The summed E-state index contributed by atoms with van der Waals surface area (Å²) in [5.41, 5.74) is 2.87. The maximum Gasteiger partial charge on any atom is 0.174 e. The van der Waals surface area contributed by atoms with E-state index in [1.807, 2.05) is 54.6 Å². The molecule has 2 N–H and O–H groups in total. The van der Waals surface area contributed by atoms with Crippen LogP contribution in [-0.4, -0.2) is 23.4 Å². The first-order valence-electron chi connectivity index (χ1n) is 10.3. The van der Waals surface area contributed by atoms with Crippen molar-refractivity contribution >= 4 is 23.0 Å². The molecule has 1 aliphatic heterocycles. The molecule has 1 heterocycles. The van der Waals surface area contributed by atoms with Gasteiger partial charge in [-0.05, 0) is 73.4 Å². The largest absolute Gasteiger partial charge is 0.507 e. The number of aromatic hydroxyl groups is 1. The Morgan fingerprint density at radius 1 is 1.06 bits per heavy atom. The molecule has 0 radical (unpaired) electrons. The topological polar surface area (TPSA) is 44.7 Å². The minimum Gasteiger partial charge on any atom is -0.507 e. The summed E-state index contributed by atoms with van der Waals surface area (Å²) in [5, 5.41) is 14.9. The van der Waals surface area contributed by atoms with Crippen molar-refractivity contribution in [3.8, 4) is 11.5 Å². The van der Waals surface area contributed by atoms with Gasteiger partial charge in [-0.25, -0.2) is 4.39 Å². The molecule has 4 nitrogen and oxygen atoms in total. The van der Waals surface area contributed by atoms with Crippen LogP contribution in [0.2, 0.25) is 0 Å². The van der Waals surface area contributed by atoms with Gasteiger partial charge < -0.3 is 20.1 Å². The molecule has 2 atom stereocenters. The molecule has 6 heteroatoms. The molecule has 1 fully saturated rings. The normalized spacial score (nSPS) is 18.1. The first-order chi connectivity index (χ1) is 15.1. The number of hydrogen-bond acceptors (Lipinski definition) is 3. The number of aryl methyl sites for hydroxylation is 1. The Morgan fingerprint density at radius 3 is 2.48 bits per heavy atom. The maximum absolute atomic E-state index is 13.2. The van der Waals surface area contributed by atoms with Crippen molar-refractivity contribution in [2.75, 3.05) is 12.0 Å². The fraction of sp³-hybridized carbons (Fsp3) is 0.240. The molecule has 1 saturated heterocycles. The number of benzene rings is 3. The molecule has 0 unspecified atom stereocenters. The van der Waals surface area contributed by atoms with Crippen molar-refractivity contribution < 1.29 is 14.2 Å². The summed E-state index contributed by atoms with van der Waals surface area (Å²) in [6, 6.07) is 21.8. The van der Waals surface area contributed by atoms with Crippen LogP contribution in [0.3, 0.4) is 0 Å². The lowest BCUT2D eigenvalue weighted by molar-refractivity contribution is 0.402. The van der Waals surface area contributed by atoms with E-state index in [0.717, 1.165) is 36.1 Å². The fourth-order valence-corrected chi connectivity index (χ4v) is 4.51. The summed E-state index contributed by atoms with van der Waals surface area (Å²) in [7, 11) is 1.58. The Kier molecular flexibility index (Phi) is 6.37. The zero-order chi connectivity index (χ0) is 21.8. The number of phenolic OH excluding ortho intramolecular Hbond substituents is 1. The van der Waals surface area contributed by atoms with Crippen molar-refractivity contribution in [2.45, 2.75) is 31.3 Å². The molecule has 31 heavy (non-hydrogen) atoms. The predicted molar refractivity (Wildman–Crippen MR) is 125 cm³/mol. The summed E-state index contributed by atoms with van der Waals surface area (Å²) in [6.45, 7) is 0. The summed E-state index contributed by atoms with van der Waals surface area (Å²) in [6.07, 6.45) is 2.59. The Bertz CT molecular complexity index is 1040. The Labute approximate surface area is 187 Å². The fourth-order valence-electron chi connectivity index (χ4n) is 4.14. The van der Waals surface area contributed by atoms with Gasteiger partial charge in [-0.1, -0.05) is 30.3 Å². The zero-order valence-electron chi connectivity index (χ0n) is 17.3. The van der Waals surface area contributed by atoms with E-state index in [2.05, 4.69) is 10.2 Å². The molecular formula is C25H25FN2O2S.